The molecule has 1 aromatic rings. The lowest BCUT2D eigenvalue weighted by atomic mass is 10.3. The minimum absolute atomic E-state index is 0.0856. The van der Waals surface area contributed by atoms with Crippen molar-refractivity contribution in [1.29, 1.82) is 0 Å². The molecule has 5 nitrogen and oxygen atoms in total. The number of nitrogens with one attached hydrogen (secondary N) is 2. The molecule has 1 amide bonds. The largest absolute Gasteiger partial charge is 0.352 e. The van der Waals surface area contributed by atoms with Crippen molar-refractivity contribution in [2.45, 2.75) is 17.6 Å². The first-order chi connectivity index (χ1) is 8.42. The highest BCUT2D eigenvalue weighted by atomic mass is 32.2. The van der Waals surface area contributed by atoms with Crippen molar-refractivity contribution in [3.05, 3.63) is 29.7 Å². The van der Waals surface area contributed by atoms with Gasteiger partial charge in [0, 0.05) is 19.5 Å². The lowest BCUT2D eigenvalue weighted by molar-refractivity contribution is -0.120. The monoisotopic (exact) mass is 288 g/mol. The van der Waals surface area contributed by atoms with Crippen LogP contribution in [0.15, 0.2) is 33.9 Å². The molecular weight excluding hydrogens is 272 g/mol. The zero-order chi connectivity index (χ0) is 13.6. The van der Waals surface area contributed by atoms with Crippen molar-refractivity contribution >= 4 is 27.3 Å². The quantitative estimate of drug-likeness (QED) is 0.738. The van der Waals surface area contributed by atoms with Gasteiger partial charge in [-0.1, -0.05) is 18.2 Å². The smallest absolute Gasteiger partial charge is 0.250 e. The summed E-state index contributed by atoms with van der Waals surface area (Å²) in [7, 11) is -3.47. The molecule has 0 spiro atoms. The SMILES string of the molecule is C=C(C)CNC(=O)CCNS(=O)(=O)c1cccs1. The summed E-state index contributed by atoms with van der Waals surface area (Å²) in [5, 5.41) is 4.32. The summed E-state index contributed by atoms with van der Waals surface area (Å²) in [5.74, 6) is -0.202. The van der Waals surface area contributed by atoms with Crippen LogP contribution in [0.5, 0.6) is 0 Å². The van der Waals surface area contributed by atoms with Crippen LogP contribution in [0.1, 0.15) is 13.3 Å². The van der Waals surface area contributed by atoms with Gasteiger partial charge in [0.05, 0.1) is 0 Å². The Balaban J connectivity index is 2.34. The molecule has 18 heavy (non-hydrogen) atoms. The molecule has 1 aromatic heterocycles. The zero-order valence-corrected chi connectivity index (χ0v) is 11.7. The number of sulfonamides is 1. The van der Waals surface area contributed by atoms with E-state index in [1.807, 2.05) is 0 Å². The van der Waals surface area contributed by atoms with Gasteiger partial charge in [-0.15, -0.1) is 11.3 Å². The Morgan fingerprint density at radius 3 is 2.78 bits per heavy atom. The van der Waals surface area contributed by atoms with Gasteiger partial charge in [0.25, 0.3) is 0 Å². The van der Waals surface area contributed by atoms with E-state index in [-0.39, 0.29) is 23.1 Å². The van der Waals surface area contributed by atoms with E-state index in [1.165, 1.54) is 6.07 Å². The summed E-state index contributed by atoms with van der Waals surface area (Å²) < 4.78 is 26.0. The van der Waals surface area contributed by atoms with Crippen molar-refractivity contribution in [3.8, 4) is 0 Å². The van der Waals surface area contributed by atoms with Gasteiger partial charge in [-0.2, -0.15) is 0 Å². The van der Waals surface area contributed by atoms with E-state index in [2.05, 4.69) is 16.6 Å². The van der Waals surface area contributed by atoms with Crippen LogP contribution in [-0.2, 0) is 14.8 Å². The third-order valence-corrected chi connectivity index (χ3v) is 4.85. The van der Waals surface area contributed by atoms with E-state index in [9.17, 15) is 13.2 Å². The number of amides is 1. The van der Waals surface area contributed by atoms with Crippen molar-refractivity contribution in [3.63, 3.8) is 0 Å². The van der Waals surface area contributed by atoms with Crippen LogP contribution in [0.25, 0.3) is 0 Å². The van der Waals surface area contributed by atoms with Crippen LogP contribution in [0, 0.1) is 0 Å². The Morgan fingerprint density at radius 1 is 1.50 bits per heavy atom. The fraction of sp³-hybridized carbons (Fsp3) is 0.364. The Kier molecular flexibility index (Phi) is 5.52. The highest BCUT2D eigenvalue weighted by Gasteiger charge is 2.14. The van der Waals surface area contributed by atoms with Crippen molar-refractivity contribution in [2.75, 3.05) is 13.1 Å². The first kappa shape index (κ1) is 14.9. The third-order valence-electron chi connectivity index (χ3n) is 1.99. The molecule has 2 N–H and O–H groups in total. The van der Waals surface area contributed by atoms with E-state index in [0.717, 1.165) is 16.9 Å². The van der Waals surface area contributed by atoms with E-state index >= 15 is 0 Å². The molecule has 0 aliphatic heterocycles. The number of rotatable bonds is 7. The zero-order valence-electron chi connectivity index (χ0n) is 10.1. The minimum Gasteiger partial charge on any atom is -0.352 e. The molecule has 0 aliphatic carbocycles. The number of carbonyl (C=O) groups is 1. The van der Waals surface area contributed by atoms with Gasteiger partial charge in [-0.3, -0.25) is 4.79 Å². The van der Waals surface area contributed by atoms with E-state index < -0.39 is 10.0 Å². The van der Waals surface area contributed by atoms with Crippen LogP contribution >= 0.6 is 11.3 Å². The predicted molar refractivity (Wildman–Crippen MR) is 71.9 cm³/mol. The molecule has 0 radical (unpaired) electrons. The van der Waals surface area contributed by atoms with Crippen LogP contribution in [0.2, 0.25) is 0 Å². The highest BCUT2D eigenvalue weighted by molar-refractivity contribution is 7.91. The molecule has 0 unspecified atom stereocenters. The van der Waals surface area contributed by atoms with Crippen LogP contribution in [0.3, 0.4) is 0 Å². The number of thiophene rings is 1. The molecule has 0 atom stereocenters. The van der Waals surface area contributed by atoms with Gasteiger partial charge >= 0.3 is 0 Å². The summed E-state index contributed by atoms with van der Waals surface area (Å²) in [5.41, 5.74) is 0.850. The standard InChI is InChI=1S/C11H16N2O3S2/c1-9(2)8-12-10(14)5-6-13-18(15,16)11-4-3-7-17-11/h3-4,7,13H,1,5-6,8H2,2H3,(H,12,14). The third kappa shape index (κ3) is 4.99. The van der Waals surface area contributed by atoms with Gasteiger partial charge in [0.2, 0.25) is 15.9 Å². The van der Waals surface area contributed by atoms with Gasteiger partial charge in [0.1, 0.15) is 4.21 Å². The van der Waals surface area contributed by atoms with Crippen molar-refractivity contribution < 1.29 is 13.2 Å². The van der Waals surface area contributed by atoms with Crippen LogP contribution in [0.4, 0.5) is 0 Å². The van der Waals surface area contributed by atoms with Crippen molar-refractivity contribution in [1.82, 2.24) is 10.0 Å². The second kappa shape index (κ2) is 6.67. The number of carbonyl (C=O) groups excluding carboxylic acids is 1. The van der Waals surface area contributed by atoms with E-state index in [4.69, 9.17) is 0 Å². The predicted octanol–water partition coefficient (Wildman–Crippen LogP) is 1.11. The second-order valence-electron chi connectivity index (χ2n) is 3.81. The molecule has 0 bridgehead atoms. The maximum Gasteiger partial charge on any atom is 0.250 e. The summed E-state index contributed by atoms with van der Waals surface area (Å²) >= 11 is 1.14. The normalized spacial score (nSPS) is 11.2. The average Bonchev–Trinajstić information content (AvgIpc) is 2.80. The van der Waals surface area contributed by atoms with Gasteiger partial charge < -0.3 is 5.32 Å². The molecule has 0 aliphatic rings. The van der Waals surface area contributed by atoms with Gasteiger partial charge in [-0.05, 0) is 18.4 Å². The Hall–Kier alpha value is -1.18. The van der Waals surface area contributed by atoms with Gasteiger partial charge in [0.15, 0.2) is 0 Å². The van der Waals surface area contributed by atoms with E-state index in [1.54, 1.807) is 18.4 Å². The fourth-order valence-electron chi connectivity index (χ4n) is 1.12. The molecule has 7 heteroatoms. The first-order valence-electron chi connectivity index (χ1n) is 5.36. The second-order valence-corrected chi connectivity index (χ2v) is 6.76. The first-order valence-corrected chi connectivity index (χ1v) is 7.72. The number of hydrogen-bond acceptors (Lipinski definition) is 4. The Labute approximate surface area is 111 Å². The highest BCUT2D eigenvalue weighted by Crippen LogP contribution is 2.14. The molecule has 0 saturated carbocycles. The van der Waals surface area contributed by atoms with E-state index in [0.29, 0.717) is 6.54 Å². The summed E-state index contributed by atoms with van der Waals surface area (Å²) in [6.45, 7) is 5.96. The van der Waals surface area contributed by atoms with Crippen molar-refractivity contribution in [2.24, 2.45) is 0 Å². The maximum absolute atomic E-state index is 11.7. The molecule has 100 valence electrons. The van der Waals surface area contributed by atoms with Crippen LogP contribution < -0.4 is 10.0 Å². The Morgan fingerprint density at radius 2 is 2.22 bits per heavy atom. The lowest BCUT2D eigenvalue weighted by Crippen LogP contribution is -2.31. The maximum atomic E-state index is 11.7. The lowest BCUT2D eigenvalue weighted by Gasteiger charge is -2.06. The molecule has 0 fully saturated rings. The number of hydrogen-bond donors (Lipinski definition) is 2. The molecule has 0 saturated heterocycles. The Bertz CT molecular complexity index is 506. The fourth-order valence-corrected chi connectivity index (χ4v) is 3.19. The van der Waals surface area contributed by atoms with Gasteiger partial charge in [-0.25, -0.2) is 13.1 Å². The summed E-state index contributed by atoms with van der Waals surface area (Å²) in [6.07, 6.45) is 0.109. The minimum atomic E-state index is -3.47. The summed E-state index contributed by atoms with van der Waals surface area (Å²) in [6, 6.07) is 3.19. The average molecular weight is 288 g/mol. The molecule has 1 heterocycles. The van der Waals surface area contributed by atoms with Crippen LogP contribution in [-0.4, -0.2) is 27.4 Å². The molecule has 1 rings (SSSR count). The summed E-state index contributed by atoms with van der Waals surface area (Å²) in [4.78, 5) is 11.3. The molecule has 0 aromatic carbocycles. The molecular formula is C11H16N2O3S2. The topological polar surface area (TPSA) is 75.3 Å².